The van der Waals surface area contributed by atoms with Crippen molar-refractivity contribution in [3.8, 4) is 0 Å². The molecular weight excluding hydrogens is 348 g/mol. The SMILES string of the molecule is O=C(OCCCn1c(=O)[nH]c2ccccc21)c1cc2c(s1)CCCCC2. The van der Waals surface area contributed by atoms with Crippen LogP contribution in [0, 0.1) is 0 Å². The largest absolute Gasteiger partial charge is 0.461 e. The summed E-state index contributed by atoms with van der Waals surface area (Å²) in [6.07, 6.45) is 6.45. The maximum absolute atomic E-state index is 12.3. The fourth-order valence-corrected chi connectivity index (χ4v) is 4.70. The zero-order valence-electron chi connectivity index (χ0n) is 14.6. The van der Waals surface area contributed by atoms with Crippen LogP contribution in [0.2, 0.25) is 0 Å². The number of carbonyl (C=O) groups excluding carboxylic acids is 1. The van der Waals surface area contributed by atoms with E-state index in [1.807, 2.05) is 30.3 Å². The summed E-state index contributed by atoms with van der Waals surface area (Å²) in [5, 5.41) is 0. The third-order valence-corrected chi connectivity index (χ3v) is 6.11. The monoisotopic (exact) mass is 370 g/mol. The number of fused-ring (bicyclic) bond motifs is 2. The Morgan fingerprint density at radius 1 is 1.19 bits per heavy atom. The summed E-state index contributed by atoms with van der Waals surface area (Å²) in [6, 6.07) is 9.61. The summed E-state index contributed by atoms with van der Waals surface area (Å²) < 4.78 is 7.12. The molecule has 3 aromatic rings. The number of aromatic nitrogens is 2. The van der Waals surface area contributed by atoms with Gasteiger partial charge in [-0.05, 0) is 55.9 Å². The Hall–Kier alpha value is -2.34. The number of imidazole rings is 1. The van der Waals surface area contributed by atoms with Crippen LogP contribution in [-0.4, -0.2) is 22.1 Å². The number of rotatable bonds is 5. The second-order valence-electron chi connectivity index (χ2n) is 6.71. The minimum atomic E-state index is -0.241. The molecule has 1 aliphatic carbocycles. The van der Waals surface area contributed by atoms with Crippen molar-refractivity contribution in [3.63, 3.8) is 0 Å². The van der Waals surface area contributed by atoms with Gasteiger partial charge in [-0.3, -0.25) is 4.57 Å². The van der Waals surface area contributed by atoms with E-state index >= 15 is 0 Å². The maximum atomic E-state index is 12.3. The number of carbonyl (C=O) groups is 1. The number of thiophene rings is 1. The highest BCUT2D eigenvalue weighted by atomic mass is 32.1. The molecule has 5 nitrogen and oxygen atoms in total. The molecule has 0 atom stereocenters. The standard InChI is InChI=1S/C20H22N2O3S/c23-19(18-13-14-7-2-1-3-10-17(14)26-18)25-12-6-11-22-16-9-5-4-8-15(16)21-20(22)24/h4-5,8-9,13H,1-3,6-7,10-12H2,(H,21,24). The number of hydrogen-bond acceptors (Lipinski definition) is 4. The molecule has 2 aromatic heterocycles. The van der Waals surface area contributed by atoms with Gasteiger partial charge in [0.25, 0.3) is 0 Å². The van der Waals surface area contributed by atoms with Crippen molar-refractivity contribution in [2.45, 2.75) is 45.1 Å². The lowest BCUT2D eigenvalue weighted by atomic mass is 10.1. The Kier molecular flexibility index (Phi) is 4.93. The number of benzene rings is 1. The normalized spacial score (nSPS) is 14.2. The highest BCUT2D eigenvalue weighted by molar-refractivity contribution is 7.14. The van der Waals surface area contributed by atoms with E-state index in [2.05, 4.69) is 4.98 Å². The molecule has 0 saturated carbocycles. The van der Waals surface area contributed by atoms with E-state index in [0.717, 1.165) is 23.9 Å². The lowest BCUT2D eigenvalue weighted by molar-refractivity contribution is 0.0502. The molecule has 4 rings (SSSR count). The second kappa shape index (κ2) is 7.50. The molecule has 0 saturated heterocycles. The molecule has 136 valence electrons. The summed E-state index contributed by atoms with van der Waals surface area (Å²) in [7, 11) is 0. The number of hydrogen-bond donors (Lipinski definition) is 1. The highest BCUT2D eigenvalue weighted by Crippen LogP contribution is 2.29. The van der Waals surface area contributed by atoms with Gasteiger partial charge in [0, 0.05) is 11.4 Å². The van der Waals surface area contributed by atoms with E-state index in [4.69, 9.17) is 4.74 Å². The molecule has 0 unspecified atom stereocenters. The molecule has 0 spiro atoms. The van der Waals surface area contributed by atoms with Crippen LogP contribution in [0.15, 0.2) is 35.1 Å². The molecule has 26 heavy (non-hydrogen) atoms. The van der Waals surface area contributed by atoms with Crippen molar-refractivity contribution >= 4 is 28.3 Å². The fraction of sp³-hybridized carbons (Fsp3) is 0.400. The molecule has 0 radical (unpaired) electrons. The van der Waals surface area contributed by atoms with Gasteiger partial charge in [0.2, 0.25) is 0 Å². The zero-order valence-corrected chi connectivity index (χ0v) is 15.4. The van der Waals surface area contributed by atoms with E-state index in [-0.39, 0.29) is 11.7 Å². The number of aromatic amines is 1. The zero-order chi connectivity index (χ0) is 17.9. The van der Waals surface area contributed by atoms with Crippen LogP contribution in [0.25, 0.3) is 11.0 Å². The number of esters is 1. The Morgan fingerprint density at radius 2 is 2.04 bits per heavy atom. The van der Waals surface area contributed by atoms with Gasteiger partial charge in [0.15, 0.2) is 0 Å². The number of aryl methyl sites for hydroxylation is 3. The minimum Gasteiger partial charge on any atom is -0.461 e. The third-order valence-electron chi connectivity index (χ3n) is 4.89. The quantitative estimate of drug-likeness (QED) is 0.421. The van der Waals surface area contributed by atoms with Crippen LogP contribution < -0.4 is 5.69 Å². The Morgan fingerprint density at radius 3 is 2.96 bits per heavy atom. The predicted molar refractivity (Wildman–Crippen MR) is 103 cm³/mol. The van der Waals surface area contributed by atoms with E-state index in [1.165, 1.54) is 29.7 Å². The summed E-state index contributed by atoms with van der Waals surface area (Å²) in [5.74, 6) is -0.241. The molecule has 1 N–H and O–H groups in total. The predicted octanol–water partition coefficient (Wildman–Crippen LogP) is 3.91. The molecule has 1 aromatic carbocycles. The molecule has 0 aliphatic heterocycles. The van der Waals surface area contributed by atoms with E-state index in [9.17, 15) is 9.59 Å². The van der Waals surface area contributed by atoms with E-state index in [1.54, 1.807) is 15.9 Å². The van der Waals surface area contributed by atoms with Gasteiger partial charge < -0.3 is 9.72 Å². The Bertz CT molecular complexity index is 959. The van der Waals surface area contributed by atoms with Crippen LogP contribution in [-0.2, 0) is 24.1 Å². The number of ether oxygens (including phenoxy) is 1. The van der Waals surface area contributed by atoms with E-state index < -0.39 is 0 Å². The second-order valence-corrected chi connectivity index (χ2v) is 7.84. The Labute approximate surface area is 155 Å². The first-order valence-electron chi connectivity index (χ1n) is 9.18. The van der Waals surface area contributed by atoms with Gasteiger partial charge in [0.05, 0.1) is 17.6 Å². The summed E-state index contributed by atoms with van der Waals surface area (Å²) >= 11 is 1.58. The molecule has 2 heterocycles. The first kappa shape index (κ1) is 17.1. The van der Waals surface area contributed by atoms with Crippen LogP contribution in [0.1, 0.15) is 45.8 Å². The summed E-state index contributed by atoms with van der Waals surface area (Å²) in [4.78, 5) is 29.2. The fourth-order valence-electron chi connectivity index (χ4n) is 3.56. The molecule has 6 heteroatoms. The van der Waals surface area contributed by atoms with Crippen molar-refractivity contribution in [1.82, 2.24) is 9.55 Å². The number of nitrogens with zero attached hydrogens (tertiary/aromatic N) is 1. The average Bonchev–Trinajstić information content (AvgIpc) is 3.11. The smallest absolute Gasteiger partial charge is 0.348 e. The van der Waals surface area contributed by atoms with Crippen LogP contribution >= 0.6 is 11.3 Å². The molecule has 0 fully saturated rings. The number of para-hydroxylation sites is 2. The summed E-state index contributed by atoms with van der Waals surface area (Å²) in [5.41, 5.74) is 2.91. The van der Waals surface area contributed by atoms with Crippen LogP contribution in [0.5, 0.6) is 0 Å². The molecule has 0 bridgehead atoms. The van der Waals surface area contributed by atoms with Crippen molar-refractivity contribution in [1.29, 1.82) is 0 Å². The lowest BCUT2D eigenvalue weighted by Crippen LogP contribution is -2.18. The van der Waals surface area contributed by atoms with Gasteiger partial charge in [0.1, 0.15) is 4.88 Å². The topological polar surface area (TPSA) is 64.1 Å². The van der Waals surface area contributed by atoms with Gasteiger partial charge in [-0.1, -0.05) is 18.6 Å². The maximum Gasteiger partial charge on any atom is 0.348 e. The van der Waals surface area contributed by atoms with Gasteiger partial charge in [-0.15, -0.1) is 11.3 Å². The molecular formula is C20H22N2O3S. The molecule has 1 aliphatic rings. The van der Waals surface area contributed by atoms with Crippen molar-refractivity contribution in [2.75, 3.05) is 6.61 Å². The van der Waals surface area contributed by atoms with Crippen LogP contribution in [0.4, 0.5) is 0 Å². The van der Waals surface area contributed by atoms with Crippen molar-refractivity contribution < 1.29 is 9.53 Å². The van der Waals surface area contributed by atoms with Gasteiger partial charge >= 0.3 is 11.7 Å². The van der Waals surface area contributed by atoms with Crippen molar-refractivity contribution in [3.05, 3.63) is 56.1 Å². The number of H-pyrrole nitrogens is 1. The summed E-state index contributed by atoms with van der Waals surface area (Å²) in [6.45, 7) is 0.838. The van der Waals surface area contributed by atoms with Gasteiger partial charge in [-0.2, -0.15) is 0 Å². The third kappa shape index (κ3) is 3.46. The Balaban J connectivity index is 1.34. The van der Waals surface area contributed by atoms with Crippen LogP contribution in [0.3, 0.4) is 0 Å². The number of nitrogens with one attached hydrogen (secondary N) is 1. The lowest BCUT2D eigenvalue weighted by Gasteiger charge is -2.05. The van der Waals surface area contributed by atoms with E-state index in [0.29, 0.717) is 24.4 Å². The first-order valence-corrected chi connectivity index (χ1v) is 10.0. The van der Waals surface area contributed by atoms with Gasteiger partial charge in [-0.25, -0.2) is 9.59 Å². The molecule has 0 amide bonds. The minimum absolute atomic E-state index is 0.125. The first-order chi connectivity index (χ1) is 12.7. The highest BCUT2D eigenvalue weighted by Gasteiger charge is 2.17. The average molecular weight is 370 g/mol. The van der Waals surface area contributed by atoms with Crippen molar-refractivity contribution in [2.24, 2.45) is 0 Å².